The summed E-state index contributed by atoms with van der Waals surface area (Å²) in [5.74, 6) is 0.799. The van der Waals surface area contributed by atoms with Crippen LogP contribution >= 0.6 is 27.3 Å². The van der Waals surface area contributed by atoms with E-state index in [4.69, 9.17) is 5.73 Å². The van der Waals surface area contributed by atoms with E-state index in [0.29, 0.717) is 5.69 Å². The fourth-order valence-electron chi connectivity index (χ4n) is 1.65. The highest BCUT2D eigenvalue weighted by Gasteiger charge is 2.14. The second kappa shape index (κ2) is 5.88. The highest BCUT2D eigenvalue weighted by molar-refractivity contribution is 9.10. The molecule has 0 saturated carbocycles. The third kappa shape index (κ3) is 3.06. The van der Waals surface area contributed by atoms with Crippen molar-refractivity contribution in [2.75, 3.05) is 11.1 Å². The quantitative estimate of drug-likeness (QED) is 0.885. The maximum absolute atomic E-state index is 5.82. The molecule has 2 rings (SSSR count). The maximum Gasteiger partial charge on any atom is 0.141 e. The van der Waals surface area contributed by atoms with Crippen LogP contribution in [-0.2, 0) is 6.42 Å². The van der Waals surface area contributed by atoms with Crippen molar-refractivity contribution in [2.24, 2.45) is 0 Å². The molecule has 0 spiro atoms. The molecule has 0 aromatic carbocycles. The van der Waals surface area contributed by atoms with Gasteiger partial charge in [-0.15, -0.1) is 11.3 Å². The lowest BCUT2D eigenvalue weighted by Crippen LogP contribution is -2.09. The van der Waals surface area contributed by atoms with Crippen molar-refractivity contribution in [1.29, 1.82) is 0 Å². The molecule has 0 bridgehead atoms. The first kappa shape index (κ1) is 14.3. The summed E-state index contributed by atoms with van der Waals surface area (Å²) in [5.41, 5.74) is 7.51. The Morgan fingerprint density at radius 3 is 2.79 bits per heavy atom. The lowest BCUT2D eigenvalue weighted by molar-refractivity contribution is 0.858. The van der Waals surface area contributed by atoms with E-state index < -0.39 is 0 Å². The standard InChI is InChI=1S/C13H17BrN4S/c1-4-9-5-17-13(19-9)8(3)18-12-11(14)7(2)10(15)6-16-12/h5-6,8H,4,15H2,1-3H3,(H,16,18). The van der Waals surface area contributed by atoms with Gasteiger partial charge in [-0.1, -0.05) is 6.92 Å². The molecule has 2 aromatic heterocycles. The largest absolute Gasteiger partial charge is 0.397 e. The number of halogens is 1. The number of aryl methyl sites for hydroxylation is 1. The van der Waals surface area contributed by atoms with Crippen LogP contribution in [0, 0.1) is 6.92 Å². The first-order valence-electron chi connectivity index (χ1n) is 6.14. The van der Waals surface area contributed by atoms with Crippen molar-refractivity contribution < 1.29 is 0 Å². The van der Waals surface area contributed by atoms with E-state index in [1.807, 2.05) is 13.1 Å². The molecule has 102 valence electrons. The van der Waals surface area contributed by atoms with E-state index in [9.17, 15) is 0 Å². The molecular weight excluding hydrogens is 324 g/mol. The smallest absolute Gasteiger partial charge is 0.141 e. The molecular formula is C13H17BrN4S. The normalized spacial score (nSPS) is 12.4. The monoisotopic (exact) mass is 340 g/mol. The Hall–Kier alpha value is -1.14. The molecule has 0 aliphatic rings. The molecule has 0 saturated heterocycles. The van der Waals surface area contributed by atoms with Gasteiger partial charge in [0.2, 0.25) is 0 Å². The van der Waals surface area contributed by atoms with Gasteiger partial charge in [0.15, 0.2) is 0 Å². The number of nitrogens with zero attached hydrogens (tertiary/aromatic N) is 2. The summed E-state index contributed by atoms with van der Waals surface area (Å²) >= 11 is 5.26. The van der Waals surface area contributed by atoms with Gasteiger partial charge in [0.1, 0.15) is 10.8 Å². The molecule has 0 amide bonds. The molecule has 6 heteroatoms. The highest BCUT2D eigenvalue weighted by Crippen LogP contribution is 2.31. The zero-order valence-electron chi connectivity index (χ0n) is 11.2. The van der Waals surface area contributed by atoms with Crippen LogP contribution in [0.25, 0.3) is 0 Å². The van der Waals surface area contributed by atoms with Gasteiger partial charge in [-0.2, -0.15) is 0 Å². The fourth-order valence-corrected chi connectivity index (χ4v) is 2.95. The summed E-state index contributed by atoms with van der Waals surface area (Å²) in [7, 11) is 0. The van der Waals surface area contributed by atoms with Crippen molar-refractivity contribution in [3.63, 3.8) is 0 Å². The Bertz CT molecular complexity index is 582. The third-order valence-corrected chi connectivity index (χ3v) is 5.24. The lowest BCUT2D eigenvalue weighted by Gasteiger charge is -2.15. The van der Waals surface area contributed by atoms with Gasteiger partial charge in [0.25, 0.3) is 0 Å². The van der Waals surface area contributed by atoms with Crippen LogP contribution in [0.3, 0.4) is 0 Å². The predicted octanol–water partition coefficient (Wildman–Crippen LogP) is 3.93. The summed E-state index contributed by atoms with van der Waals surface area (Å²) in [6, 6.07) is 0.122. The molecule has 1 atom stereocenters. The van der Waals surface area contributed by atoms with Gasteiger partial charge < -0.3 is 11.1 Å². The van der Waals surface area contributed by atoms with Crippen LogP contribution in [-0.4, -0.2) is 9.97 Å². The number of nitrogens with two attached hydrogens (primary N) is 1. The molecule has 3 N–H and O–H groups in total. The number of hydrogen-bond acceptors (Lipinski definition) is 5. The van der Waals surface area contributed by atoms with E-state index >= 15 is 0 Å². The van der Waals surface area contributed by atoms with Crippen molar-refractivity contribution in [1.82, 2.24) is 9.97 Å². The molecule has 19 heavy (non-hydrogen) atoms. The number of pyridine rings is 1. The summed E-state index contributed by atoms with van der Waals surface area (Å²) in [4.78, 5) is 10.1. The number of thiazole rings is 1. The van der Waals surface area contributed by atoms with Gasteiger partial charge in [-0.3, -0.25) is 0 Å². The topological polar surface area (TPSA) is 63.8 Å². The summed E-state index contributed by atoms with van der Waals surface area (Å²) < 4.78 is 0.909. The van der Waals surface area contributed by atoms with E-state index in [1.165, 1.54) is 4.88 Å². The Kier molecular flexibility index (Phi) is 4.42. The molecule has 4 nitrogen and oxygen atoms in total. The van der Waals surface area contributed by atoms with Crippen molar-refractivity contribution in [3.05, 3.63) is 32.3 Å². The minimum atomic E-state index is 0.122. The fraction of sp³-hybridized carbons (Fsp3) is 0.385. The van der Waals surface area contributed by atoms with E-state index in [1.54, 1.807) is 17.5 Å². The SMILES string of the molecule is CCc1cnc(C(C)Nc2ncc(N)c(C)c2Br)s1. The predicted molar refractivity (Wildman–Crippen MR) is 84.6 cm³/mol. The maximum atomic E-state index is 5.82. The van der Waals surface area contributed by atoms with Crippen LogP contribution in [0.2, 0.25) is 0 Å². The minimum absolute atomic E-state index is 0.122. The summed E-state index contributed by atoms with van der Waals surface area (Å²) in [6.45, 7) is 6.18. The van der Waals surface area contributed by atoms with E-state index in [0.717, 1.165) is 27.3 Å². The molecule has 2 aromatic rings. The molecule has 1 unspecified atom stereocenters. The summed E-state index contributed by atoms with van der Waals surface area (Å²) in [6.07, 6.45) is 4.64. The number of nitrogens with one attached hydrogen (secondary N) is 1. The Labute approximate surface area is 125 Å². The molecule has 0 fully saturated rings. The lowest BCUT2D eigenvalue weighted by atomic mass is 10.2. The number of nitrogen functional groups attached to an aromatic ring is 1. The number of aromatic nitrogens is 2. The highest BCUT2D eigenvalue weighted by atomic mass is 79.9. The van der Waals surface area contributed by atoms with E-state index in [-0.39, 0.29) is 6.04 Å². The molecule has 2 heterocycles. The van der Waals surface area contributed by atoms with Crippen molar-refractivity contribution >= 4 is 38.8 Å². The number of anilines is 2. The Morgan fingerprint density at radius 1 is 1.42 bits per heavy atom. The van der Waals surface area contributed by atoms with Crippen LogP contribution < -0.4 is 11.1 Å². The molecule has 0 radical (unpaired) electrons. The Morgan fingerprint density at radius 2 is 2.16 bits per heavy atom. The van der Waals surface area contributed by atoms with Crippen LogP contribution in [0.1, 0.15) is 35.3 Å². The zero-order chi connectivity index (χ0) is 14.0. The van der Waals surface area contributed by atoms with Gasteiger partial charge in [-0.05, 0) is 41.8 Å². The van der Waals surface area contributed by atoms with Gasteiger partial charge >= 0.3 is 0 Å². The Balaban J connectivity index is 2.19. The van der Waals surface area contributed by atoms with Gasteiger partial charge in [0, 0.05) is 11.1 Å². The third-order valence-electron chi connectivity index (χ3n) is 2.95. The second-order valence-corrected chi connectivity index (χ2v) is 6.33. The zero-order valence-corrected chi connectivity index (χ0v) is 13.6. The van der Waals surface area contributed by atoms with Crippen LogP contribution in [0.15, 0.2) is 16.9 Å². The second-order valence-electron chi connectivity index (χ2n) is 4.39. The van der Waals surface area contributed by atoms with Crippen LogP contribution in [0.4, 0.5) is 11.5 Å². The number of rotatable bonds is 4. The molecule has 0 aliphatic carbocycles. The van der Waals surface area contributed by atoms with Crippen molar-refractivity contribution in [3.8, 4) is 0 Å². The van der Waals surface area contributed by atoms with Crippen molar-refractivity contribution in [2.45, 2.75) is 33.2 Å². The summed E-state index contributed by atoms with van der Waals surface area (Å²) in [5, 5.41) is 4.44. The average Bonchev–Trinajstić information content (AvgIpc) is 2.88. The average molecular weight is 341 g/mol. The number of hydrogen-bond donors (Lipinski definition) is 2. The molecule has 0 aliphatic heterocycles. The minimum Gasteiger partial charge on any atom is -0.397 e. The van der Waals surface area contributed by atoms with Gasteiger partial charge in [0.05, 0.1) is 22.4 Å². The first-order valence-corrected chi connectivity index (χ1v) is 7.75. The van der Waals surface area contributed by atoms with Gasteiger partial charge in [-0.25, -0.2) is 9.97 Å². The van der Waals surface area contributed by atoms with Crippen LogP contribution in [0.5, 0.6) is 0 Å². The van der Waals surface area contributed by atoms with E-state index in [2.05, 4.69) is 45.1 Å². The first-order chi connectivity index (χ1) is 9.02.